The van der Waals surface area contributed by atoms with Crippen LogP contribution in [0, 0.1) is 0 Å². The molecule has 6 nitrogen and oxygen atoms in total. The molecule has 3 N–H and O–H groups in total. The summed E-state index contributed by atoms with van der Waals surface area (Å²) in [6.45, 7) is 5.07. The fourth-order valence-electron chi connectivity index (χ4n) is 3.25. The number of ether oxygens (including phenoxy) is 2. The number of H-pyrrole nitrogens is 1. The van der Waals surface area contributed by atoms with E-state index >= 15 is 0 Å². The molecule has 154 valence electrons. The topological polar surface area (TPSA) is 83.6 Å². The van der Waals surface area contributed by atoms with Gasteiger partial charge in [0, 0.05) is 41.2 Å². The maximum atomic E-state index is 11.8. The zero-order valence-electron chi connectivity index (χ0n) is 16.5. The summed E-state index contributed by atoms with van der Waals surface area (Å²) in [5.74, 6) is 0.262. The van der Waals surface area contributed by atoms with Crippen LogP contribution in [0.1, 0.15) is 25.0 Å². The highest BCUT2D eigenvalue weighted by molar-refractivity contribution is 6.31. The molecule has 7 heteroatoms. The van der Waals surface area contributed by atoms with Gasteiger partial charge in [0.1, 0.15) is 6.04 Å². The number of carboxylic acid groups (broad SMARTS) is 1. The minimum atomic E-state index is -0.914. The third kappa shape index (κ3) is 5.02. The van der Waals surface area contributed by atoms with Crippen molar-refractivity contribution < 1.29 is 19.4 Å². The predicted octanol–water partition coefficient (Wildman–Crippen LogP) is 4.40. The molecule has 0 radical (unpaired) electrons. The molecule has 2 aromatic carbocycles. The van der Waals surface area contributed by atoms with Crippen molar-refractivity contribution >= 4 is 28.5 Å². The molecule has 0 aliphatic carbocycles. The number of aliphatic carboxylic acids is 1. The van der Waals surface area contributed by atoms with E-state index in [4.69, 9.17) is 21.1 Å². The maximum Gasteiger partial charge on any atom is 0.321 e. The zero-order chi connectivity index (χ0) is 20.8. The van der Waals surface area contributed by atoms with Crippen LogP contribution in [0.5, 0.6) is 11.5 Å². The molecule has 0 aliphatic heterocycles. The molecule has 0 spiro atoms. The number of carbonyl (C=O) groups is 1. The van der Waals surface area contributed by atoms with Gasteiger partial charge in [0.25, 0.3) is 0 Å². The van der Waals surface area contributed by atoms with Crippen LogP contribution < -0.4 is 14.8 Å². The quantitative estimate of drug-likeness (QED) is 0.456. The molecular weight excluding hydrogens is 392 g/mol. The lowest BCUT2D eigenvalue weighted by atomic mass is 10.0. The Bertz CT molecular complexity index is 986. The maximum absolute atomic E-state index is 11.8. The van der Waals surface area contributed by atoms with E-state index in [0.29, 0.717) is 42.7 Å². The Morgan fingerprint density at radius 3 is 2.52 bits per heavy atom. The summed E-state index contributed by atoms with van der Waals surface area (Å²) in [6.07, 6.45) is 2.21. The fraction of sp³-hybridized carbons (Fsp3) is 0.318. The third-order valence-electron chi connectivity index (χ3n) is 4.65. The summed E-state index contributed by atoms with van der Waals surface area (Å²) in [6, 6.07) is 10.6. The van der Waals surface area contributed by atoms with E-state index in [1.54, 1.807) is 12.1 Å². The summed E-state index contributed by atoms with van der Waals surface area (Å²) in [5, 5.41) is 14.3. The zero-order valence-corrected chi connectivity index (χ0v) is 17.3. The summed E-state index contributed by atoms with van der Waals surface area (Å²) in [5.41, 5.74) is 2.69. The number of benzene rings is 2. The van der Waals surface area contributed by atoms with Crippen molar-refractivity contribution in [2.24, 2.45) is 0 Å². The number of hydrogen-bond acceptors (Lipinski definition) is 4. The molecule has 3 aromatic rings. The Morgan fingerprint density at radius 1 is 1.14 bits per heavy atom. The van der Waals surface area contributed by atoms with Crippen molar-refractivity contribution in [3.63, 3.8) is 0 Å². The second-order valence-corrected chi connectivity index (χ2v) is 7.00. The van der Waals surface area contributed by atoms with Crippen LogP contribution in [0.4, 0.5) is 0 Å². The van der Waals surface area contributed by atoms with Gasteiger partial charge in [-0.1, -0.05) is 29.8 Å². The van der Waals surface area contributed by atoms with Crippen molar-refractivity contribution in [1.29, 1.82) is 0 Å². The predicted molar refractivity (Wildman–Crippen MR) is 114 cm³/mol. The van der Waals surface area contributed by atoms with E-state index in [1.165, 1.54) is 0 Å². The van der Waals surface area contributed by atoms with Gasteiger partial charge in [0.15, 0.2) is 11.5 Å². The minimum absolute atomic E-state index is 0.296. The summed E-state index contributed by atoms with van der Waals surface area (Å²) in [7, 11) is 0. The molecule has 1 aromatic heterocycles. The number of hydrogen-bond donors (Lipinski definition) is 3. The lowest BCUT2D eigenvalue weighted by molar-refractivity contribution is -0.139. The number of fused-ring (bicyclic) bond motifs is 1. The molecule has 0 saturated heterocycles. The first-order valence-corrected chi connectivity index (χ1v) is 10.0. The average Bonchev–Trinajstić information content (AvgIpc) is 3.11. The van der Waals surface area contributed by atoms with Gasteiger partial charge < -0.3 is 19.6 Å². The van der Waals surface area contributed by atoms with Gasteiger partial charge in [-0.3, -0.25) is 10.1 Å². The molecular formula is C22H25ClN2O4. The van der Waals surface area contributed by atoms with Crippen LogP contribution in [0.3, 0.4) is 0 Å². The second-order valence-electron chi connectivity index (χ2n) is 6.59. The van der Waals surface area contributed by atoms with Crippen molar-refractivity contribution in [3.8, 4) is 11.5 Å². The molecule has 0 fully saturated rings. The lowest BCUT2D eigenvalue weighted by Crippen LogP contribution is -2.38. The van der Waals surface area contributed by atoms with Crippen LogP contribution in [-0.4, -0.2) is 35.3 Å². The molecule has 0 saturated carbocycles. The Balaban J connectivity index is 1.76. The smallest absolute Gasteiger partial charge is 0.321 e. The van der Waals surface area contributed by atoms with Gasteiger partial charge >= 0.3 is 5.97 Å². The van der Waals surface area contributed by atoms with E-state index in [0.717, 1.165) is 22.0 Å². The molecule has 0 aliphatic rings. The fourth-order valence-corrected chi connectivity index (χ4v) is 3.47. The van der Waals surface area contributed by atoms with Crippen molar-refractivity contribution in [1.82, 2.24) is 10.3 Å². The number of halogens is 1. The van der Waals surface area contributed by atoms with E-state index in [2.05, 4.69) is 10.3 Å². The number of carboxylic acids is 1. The number of rotatable bonds is 10. The second kappa shape index (κ2) is 9.67. The van der Waals surface area contributed by atoms with Gasteiger partial charge in [0.05, 0.1) is 13.2 Å². The monoisotopic (exact) mass is 416 g/mol. The summed E-state index contributed by atoms with van der Waals surface area (Å²) < 4.78 is 11.2. The van der Waals surface area contributed by atoms with Gasteiger partial charge in [-0.05, 0) is 37.1 Å². The first-order valence-electron chi connectivity index (χ1n) is 9.62. The van der Waals surface area contributed by atoms with Gasteiger partial charge in [-0.25, -0.2) is 0 Å². The lowest BCUT2D eigenvalue weighted by Gasteiger charge is -2.17. The third-order valence-corrected chi connectivity index (χ3v) is 5.00. The normalized spacial score (nSPS) is 12.1. The van der Waals surface area contributed by atoms with Crippen LogP contribution >= 0.6 is 11.6 Å². The van der Waals surface area contributed by atoms with Crippen molar-refractivity contribution in [2.75, 3.05) is 13.2 Å². The molecule has 0 amide bonds. The SMILES string of the molecule is CCOc1cc(Cl)c(CNC(Cc2c[nH]c3ccccc23)C(=O)O)cc1OCC. The van der Waals surface area contributed by atoms with Gasteiger partial charge in [0.2, 0.25) is 0 Å². The summed E-state index contributed by atoms with van der Waals surface area (Å²) >= 11 is 6.39. The largest absolute Gasteiger partial charge is 0.490 e. The van der Waals surface area contributed by atoms with E-state index < -0.39 is 12.0 Å². The van der Waals surface area contributed by atoms with E-state index in [-0.39, 0.29) is 0 Å². The van der Waals surface area contributed by atoms with Gasteiger partial charge in [-0.2, -0.15) is 0 Å². The molecule has 29 heavy (non-hydrogen) atoms. The Labute approximate surface area is 174 Å². The Kier molecular flexibility index (Phi) is 7.01. The van der Waals surface area contributed by atoms with Crippen LogP contribution in [0.25, 0.3) is 10.9 Å². The number of nitrogens with one attached hydrogen (secondary N) is 2. The Morgan fingerprint density at radius 2 is 1.83 bits per heavy atom. The Hall–Kier alpha value is -2.70. The number of para-hydroxylation sites is 1. The average molecular weight is 417 g/mol. The highest BCUT2D eigenvalue weighted by atomic mass is 35.5. The molecule has 1 heterocycles. The van der Waals surface area contributed by atoms with E-state index in [1.807, 2.05) is 44.3 Å². The van der Waals surface area contributed by atoms with Crippen LogP contribution in [0.15, 0.2) is 42.6 Å². The van der Waals surface area contributed by atoms with Gasteiger partial charge in [-0.15, -0.1) is 0 Å². The molecule has 1 unspecified atom stereocenters. The van der Waals surface area contributed by atoms with Crippen LogP contribution in [-0.2, 0) is 17.8 Å². The van der Waals surface area contributed by atoms with E-state index in [9.17, 15) is 9.90 Å². The first kappa shape index (κ1) is 21.0. The molecule has 1 atom stereocenters. The molecule has 3 rings (SSSR count). The first-order chi connectivity index (χ1) is 14.0. The van der Waals surface area contributed by atoms with Crippen LogP contribution in [0.2, 0.25) is 5.02 Å². The van der Waals surface area contributed by atoms with Crippen molar-refractivity contribution in [3.05, 3.63) is 58.7 Å². The minimum Gasteiger partial charge on any atom is -0.490 e. The van der Waals surface area contributed by atoms with Crippen molar-refractivity contribution in [2.45, 2.75) is 32.9 Å². The standard InChI is InChI=1S/C22H25ClN2O4/c1-3-28-20-10-15(17(23)11-21(20)29-4-2)13-25-19(22(26)27)9-14-12-24-18-8-6-5-7-16(14)18/h5-8,10-12,19,24-25H,3-4,9,13H2,1-2H3,(H,26,27). The highest BCUT2D eigenvalue weighted by Gasteiger charge is 2.20. The summed E-state index contributed by atoms with van der Waals surface area (Å²) in [4.78, 5) is 15.0. The number of aromatic nitrogens is 1. The number of aromatic amines is 1. The molecule has 0 bridgehead atoms. The highest BCUT2D eigenvalue weighted by Crippen LogP contribution is 2.33.